The highest BCUT2D eigenvalue weighted by Gasteiger charge is 2.36. The van der Waals surface area contributed by atoms with Crippen molar-refractivity contribution < 1.29 is 34.7 Å². The van der Waals surface area contributed by atoms with Gasteiger partial charge >= 0.3 is 5.97 Å². The lowest BCUT2D eigenvalue weighted by Crippen LogP contribution is -2.34. The first-order chi connectivity index (χ1) is 18.4. The second kappa shape index (κ2) is 15.4. The van der Waals surface area contributed by atoms with Gasteiger partial charge in [0.05, 0.1) is 0 Å². The molecule has 1 aliphatic heterocycles. The van der Waals surface area contributed by atoms with Gasteiger partial charge in [0.2, 0.25) is 5.75 Å². The number of carbonyl (C=O) groups excluding carboxylic acids is 1. The smallest absolute Gasteiger partial charge is 0.306 e. The Hall–Kier alpha value is -3.09. The highest BCUT2D eigenvalue weighted by atomic mass is 16.6. The Morgan fingerprint density at radius 3 is 1.97 bits per heavy atom. The van der Waals surface area contributed by atoms with Gasteiger partial charge in [-0.15, -0.1) is 0 Å². The molecule has 1 heterocycles. The van der Waals surface area contributed by atoms with E-state index in [0.29, 0.717) is 17.5 Å². The third-order valence-corrected chi connectivity index (χ3v) is 7.29. The van der Waals surface area contributed by atoms with Crippen LogP contribution in [0.25, 0.3) is 0 Å². The highest BCUT2D eigenvalue weighted by molar-refractivity contribution is 5.70. The minimum atomic E-state index is -0.822. The molecule has 0 bridgehead atoms. The molecule has 1 unspecified atom stereocenters. The van der Waals surface area contributed by atoms with Crippen LogP contribution in [0.4, 0.5) is 0 Å². The lowest BCUT2D eigenvalue weighted by atomic mass is 9.93. The largest absolute Gasteiger partial charge is 0.504 e. The van der Waals surface area contributed by atoms with E-state index in [9.17, 15) is 25.2 Å². The summed E-state index contributed by atoms with van der Waals surface area (Å²) in [5.74, 6) is -1.50. The molecule has 1 aliphatic rings. The number of esters is 1. The summed E-state index contributed by atoms with van der Waals surface area (Å²) in [5, 5.41) is 39.8. The fourth-order valence-corrected chi connectivity index (χ4v) is 5.04. The summed E-state index contributed by atoms with van der Waals surface area (Å²) >= 11 is 0. The zero-order valence-corrected chi connectivity index (χ0v) is 22.7. The molecule has 2 atom stereocenters. The number of hydrogen-bond donors (Lipinski definition) is 4. The van der Waals surface area contributed by atoms with Gasteiger partial charge in [-0.05, 0) is 24.6 Å². The lowest BCUT2D eigenvalue weighted by molar-refractivity contribution is -0.155. The van der Waals surface area contributed by atoms with E-state index in [-0.39, 0.29) is 41.1 Å². The average molecular weight is 529 g/mol. The van der Waals surface area contributed by atoms with E-state index in [1.54, 1.807) is 12.1 Å². The van der Waals surface area contributed by atoms with Crippen molar-refractivity contribution in [3.63, 3.8) is 0 Å². The molecule has 38 heavy (non-hydrogen) atoms. The van der Waals surface area contributed by atoms with Gasteiger partial charge in [0, 0.05) is 24.0 Å². The van der Waals surface area contributed by atoms with Gasteiger partial charge in [-0.2, -0.15) is 0 Å². The van der Waals surface area contributed by atoms with Crippen molar-refractivity contribution in [1.82, 2.24) is 0 Å². The van der Waals surface area contributed by atoms with E-state index in [1.165, 1.54) is 82.4 Å². The van der Waals surface area contributed by atoms with Crippen molar-refractivity contribution in [2.75, 3.05) is 0 Å². The lowest BCUT2D eigenvalue weighted by Gasteiger charge is -2.34. The third kappa shape index (κ3) is 8.74. The van der Waals surface area contributed by atoms with Gasteiger partial charge in [0.25, 0.3) is 0 Å². The molecule has 0 aromatic heterocycles. The van der Waals surface area contributed by atoms with Crippen LogP contribution in [-0.4, -0.2) is 32.5 Å². The Labute approximate surface area is 226 Å². The molecule has 4 N–H and O–H groups in total. The molecule has 0 saturated heterocycles. The Kier molecular flexibility index (Phi) is 11.9. The Morgan fingerprint density at radius 2 is 1.37 bits per heavy atom. The number of ether oxygens (including phenoxy) is 2. The van der Waals surface area contributed by atoms with Crippen LogP contribution in [0.15, 0.2) is 30.3 Å². The quantitative estimate of drug-likeness (QED) is 0.101. The number of phenols is 4. The van der Waals surface area contributed by atoms with Crippen LogP contribution in [0.1, 0.15) is 114 Å². The minimum Gasteiger partial charge on any atom is -0.504 e. The normalized spacial score (nSPS) is 16.6. The van der Waals surface area contributed by atoms with Gasteiger partial charge in [-0.1, -0.05) is 96.1 Å². The van der Waals surface area contributed by atoms with Crippen LogP contribution >= 0.6 is 0 Å². The highest BCUT2D eigenvalue weighted by Crippen LogP contribution is 2.46. The van der Waals surface area contributed by atoms with Crippen LogP contribution in [0, 0.1) is 0 Å². The van der Waals surface area contributed by atoms with E-state index in [2.05, 4.69) is 6.92 Å². The number of fused-ring (bicyclic) bond motifs is 1. The van der Waals surface area contributed by atoms with E-state index in [0.717, 1.165) is 19.3 Å². The summed E-state index contributed by atoms with van der Waals surface area (Å²) in [6.07, 6.45) is 15.1. The second-order valence-electron chi connectivity index (χ2n) is 10.4. The molecule has 0 spiro atoms. The molecule has 0 saturated carbocycles. The molecule has 0 radical (unpaired) electrons. The first-order valence-corrected chi connectivity index (χ1v) is 14.3. The average Bonchev–Trinajstić information content (AvgIpc) is 2.90. The van der Waals surface area contributed by atoms with Crippen molar-refractivity contribution in [2.24, 2.45) is 0 Å². The molecule has 2 aromatic rings. The molecule has 0 fully saturated rings. The van der Waals surface area contributed by atoms with E-state index < -0.39 is 12.2 Å². The monoisotopic (exact) mass is 528 g/mol. The van der Waals surface area contributed by atoms with Crippen molar-refractivity contribution >= 4 is 5.97 Å². The van der Waals surface area contributed by atoms with E-state index in [4.69, 9.17) is 9.47 Å². The van der Waals surface area contributed by atoms with Crippen LogP contribution < -0.4 is 4.74 Å². The molecule has 0 aliphatic carbocycles. The van der Waals surface area contributed by atoms with Crippen molar-refractivity contribution in [2.45, 2.75) is 115 Å². The van der Waals surface area contributed by atoms with Crippen LogP contribution in [0.3, 0.4) is 0 Å². The first-order valence-electron chi connectivity index (χ1n) is 14.3. The maximum Gasteiger partial charge on any atom is 0.306 e. The van der Waals surface area contributed by atoms with Crippen LogP contribution in [0.2, 0.25) is 0 Å². The summed E-state index contributed by atoms with van der Waals surface area (Å²) in [4.78, 5) is 12.7. The molecule has 0 amide bonds. The maximum atomic E-state index is 12.7. The standard InChI is InChI=1S/C31H44O7/c1-2-3-4-5-6-7-8-9-10-11-12-13-14-15-28(35)37-27-21-23-17-19-25(33)29(36)31(23)38-30(27)22-16-18-24(32)26(34)20-22/h16-20,27,30,32-34,36H,2-15,21H2,1H3/t27-,30?/m1/s1. The van der Waals surface area contributed by atoms with E-state index in [1.807, 2.05) is 0 Å². The van der Waals surface area contributed by atoms with Gasteiger partial charge in [0.15, 0.2) is 29.1 Å². The molecule has 3 rings (SSSR count). The second-order valence-corrected chi connectivity index (χ2v) is 10.4. The molecular weight excluding hydrogens is 484 g/mol. The number of aromatic hydroxyl groups is 4. The minimum absolute atomic E-state index is 0.117. The van der Waals surface area contributed by atoms with Crippen LogP contribution in [-0.2, 0) is 16.0 Å². The molecule has 2 aromatic carbocycles. The van der Waals surface area contributed by atoms with Crippen molar-refractivity contribution in [3.05, 3.63) is 41.5 Å². The number of hydrogen-bond acceptors (Lipinski definition) is 7. The first kappa shape index (κ1) is 29.5. The topological polar surface area (TPSA) is 116 Å². The Balaban J connectivity index is 1.43. The summed E-state index contributed by atoms with van der Waals surface area (Å²) in [6, 6.07) is 7.24. The predicted molar refractivity (Wildman–Crippen MR) is 147 cm³/mol. The number of carbonyl (C=O) groups is 1. The number of benzene rings is 2. The summed E-state index contributed by atoms with van der Waals surface area (Å²) < 4.78 is 11.8. The van der Waals surface area contributed by atoms with E-state index >= 15 is 0 Å². The zero-order valence-electron chi connectivity index (χ0n) is 22.7. The summed E-state index contributed by atoms with van der Waals surface area (Å²) in [7, 11) is 0. The predicted octanol–water partition coefficient (Wildman–Crippen LogP) is 7.58. The molecule has 210 valence electrons. The number of rotatable bonds is 16. The summed E-state index contributed by atoms with van der Waals surface area (Å²) in [6.45, 7) is 2.25. The Morgan fingerprint density at radius 1 is 0.789 bits per heavy atom. The number of unbranched alkanes of at least 4 members (excludes halogenated alkanes) is 12. The molecule has 7 nitrogen and oxygen atoms in total. The van der Waals surface area contributed by atoms with Gasteiger partial charge in [-0.3, -0.25) is 4.79 Å². The SMILES string of the molecule is CCCCCCCCCCCCCCCC(=O)O[C@@H]1Cc2ccc(O)c(O)c2OC1c1ccc(O)c(O)c1. The van der Waals surface area contributed by atoms with Crippen LogP contribution in [0.5, 0.6) is 28.7 Å². The van der Waals surface area contributed by atoms with Gasteiger partial charge in [0.1, 0.15) is 6.10 Å². The summed E-state index contributed by atoms with van der Waals surface area (Å²) in [5.41, 5.74) is 1.09. The fraction of sp³-hybridized carbons (Fsp3) is 0.581. The Bertz CT molecular complexity index is 1020. The molecule has 7 heteroatoms. The van der Waals surface area contributed by atoms with Gasteiger partial charge < -0.3 is 29.9 Å². The van der Waals surface area contributed by atoms with Crippen molar-refractivity contribution in [3.8, 4) is 28.7 Å². The number of phenolic OH excluding ortho intramolecular Hbond substituents is 4. The molecular formula is C31H44O7. The zero-order chi connectivity index (χ0) is 27.3. The third-order valence-electron chi connectivity index (χ3n) is 7.29. The fourth-order valence-electron chi connectivity index (χ4n) is 5.04. The van der Waals surface area contributed by atoms with Gasteiger partial charge in [-0.25, -0.2) is 0 Å². The maximum absolute atomic E-state index is 12.7. The van der Waals surface area contributed by atoms with Crippen molar-refractivity contribution in [1.29, 1.82) is 0 Å².